The number of rotatable bonds is 35. The number of aryl methyl sites for hydroxylation is 3. The van der Waals surface area contributed by atoms with Crippen LogP contribution in [0, 0.1) is 31.6 Å². The number of carbonyl (C=O) groups excluding carboxylic acids is 6. The molecule has 4 aromatic rings. The van der Waals surface area contributed by atoms with Gasteiger partial charge >= 0.3 is 0 Å². The van der Waals surface area contributed by atoms with E-state index in [0.717, 1.165) is 50.3 Å². The molecule has 480 valence electrons. The number of anilines is 1. The summed E-state index contributed by atoms with van der Waals surface area (Å²) in [4.78, 5) is 103. The number of aliphatic hydroxyl groups is 1. The largest absolute Gasteiger partial charge is 0.391 e. The fourth-order valence-corrected chi connectivity index (χ4v) is 10.7. The topological polar surface area (TPSA) is 314 Å². The molecule has 0 saturated carbocycles. The molecule has 0 bridgehead atoms. The first-order valence-electron chi connectivity index (χ1n) is 29.8. The summed E-state index contributed by atoms with van der Waals surface area (Å²) in [7, 11) is 0. The molecule has 2 aromatic carbocycles. The monoisotopic (exact) mass is 1240 g/mol. The van der Waals surface area contributed by atoms with E-state index in [4.69, 9.17) is 33.8 Å². The number of amides is 6. The molecule has 3 unspecified atom stereocenters. The fraction of sp³-hybridized carbons (Fsp3) is 0.540. The third-order valence-electron chi connectivity index (χ3n) is 14.6. The molecule has 2 aliphatic heterocycles. The average molecular weight is 1240 g/mol. The van der Waals surface area contributed by atoms with Crippen LogP contribution in [0.1, 0.15) is 103 Å². The number of aliphatic hydroxyl groups excluding tert-OH is 1. The molecule has 1 saturated heterocycles. The molecule has 8 N–H and O–H groups in total. The summed E-state index contributed by atoms with van der Waals surface area (Å²) in [6.07, 6.45) is 2.84. The first kappa shape index (κ1) is 69.9. The smallest absolute Gasteiger partial charge is 0.253 e. The van der Waals surface area contributed by atoms with Gasteiger partial charge in [-0.15, -0.1) is 11.3 Å². The molecule has 6 rings (SSSR count). The third-order valence-corrected chi connectivity index (χ3v) is 15.5. The van der Waals surface area contributed by atoms with Crippen molar-refractivity contribution in [2.75, 3.05) is 111 Å². The molecular formula is C63H88N10O14S. The summed E-state index contributed by atoms with van der Waals surface area (Å²) in [5.74, 6) is -2.12. The van der Waals surface area contributed by atoms with Gasteiger partial charge < -0.3 is 80.3 Å². The molecule has 24 nitrogen and oxygen atoms in total. The van der Waals surface area contributed by atoms with Crippen LogP contribution >= 0.6 is 11.3 Å². The Morgan fingerprint density at radius 2 is 1.48 bits per heavy atom. The Labute approximate surface area is 518 Å². The Morgan fingerprint density at radius 3 is 2.09 bits per heavy atom. The zero-order chi connectivity index (χ0) is 63.8. The van der Waals surface area contributed by atoms with Gasteiger partial charge in [0, 0.05) is 86.9 Å². The lowest BCUT2D eigenvalue weighted by atomic mass is 9.85. The highest BCUT2D eigenvalue weighted by atomic mass is 32.1. The number of carbonyl (C=O) groups is 6. The van der Waals surface area contributed by atoms with E-state index in [1.54, 1.807) is 34.7 Å². The lowest BCUT2D eigenvalue weighted by Gasteiger charge is -2.35. The van der Waals surface area contributed by atoms with Gasteiger partial charge in [0.2, 0.25) is 29.5 Å². The van der Waals surface area contributed by atoms with E-state index in [2.05, 4.69) is 36.6 Å². The number of H-pyrrole nitrogens is 1. The molecule has 25 heteroatoms. The molecule has 3 atom stereocenters. The number of nitrogens with zero attached hydrogens (tertiary/aromatic N) is 3. The summed E-state index contributed by atoms with van der Waals surface area (Å²) < 4.78 is 33.2. The second-order valence-electron chi connectivity index (χ2n) is 23.0. The van der Waals surface area contributed by atoms with Crippen LogP contribution in [0.4, 0.5) is 5.69 Å². The quantitative estimate of drug-likeness (QED) is 0.0236. The number of benzene rings is 2. The molecule has 88 heavy (non-hydrogen) atoms. The fourth-order valence-electron chi connectivity index (χ4n) is 9.92. The molecule has 1 fully saturated rings. The number of nitrogens with one attached hydrogen (secondary N) is 7. The van der Waals surface area contributed by atoms with Crippen molar-refractivity contribution in [2.45, 2.75) is 112 Å². The summed E-state index contributed by atoms with van der Waals surface area (Å²) in [6.45, 7) is 18.3. The number of ether oxygens (including phenoxy) is 6. The molecule has 2 aromatic heterocycles. The first-order chi connectivity index (χ1) is 42.1. The summed E-state index contributed by atoms with van der Waals surface area (Å²) in [5.41, 5.74) is 8.79. The normalized spacial score (nSPS) is 15.4. The Hall–Kier alpha value is -7.23. The summed E-state index contributed by atoms with van der Waals surface area (Å²) in [6, 6.07) is 11.5. The van der Waals surface area contributed by atoms with Crippen molar-refractivity contribution >= 4 is 64.3 Å². The zero-order valence-corrected chi connectivity index (χ0v) is 52.8. The molecule has 6 amide bonds. The van der Waals surface area contributed by atoms with Crippen LogP contribution in [0.3, 0.4) is 0 Å². The van der Waals surface area contributed by atoms with Crippen molar-refractivity contribution in [3.05, 3.63) is 109 Å². The van der Waals surface area contributed by atoms with Crippen LogP contribution in [0.15, 0.2) is 58.8 Å². The van der Waals surface area contributed by atoms with E-state index in [9.17, 15) is 38.7 Å². The standard InChI is InChI=1S/C63H88N10O14S/c1-40(2)69-52-31-47(30-49(50(52)33-64)59(78)67-35-51-41(3)29-42(4)70-60(51)79)45-13-17-72(18-14-45)56(77)38-87-28-26-85-25-27-86-37-55(76)65-16-20-83-22-24-84-23-21-82-19-15-54(75)71-58(63(6,7)8)62(81)73-36-48(74)32-53(73)61(80)66-34-44-9-11-46(12-10-44)57-43(5)68-39-88-57/h9-13,29-31,33,39-40,48,53,58,64,69,74H,14-28,32,34-38H2,1-8H3,(H,65,76)(H,66,80)(H,67,78)(H,70,79)(H,71,75). The summed E-state index contributed by atoms with van der Waals surface area (Å²) in [5, 5.41) is 33.4. The van der Waals surface area contributed by atoms with Crippen LogP contribution in [-0.4, -0.2) is 196 Å². The number of hydrogen-bond acceptors (Lipinski definition) is 18. The molecule has 0 radical (unpaired) electrons. The highest BCUT2D eigenvalue weighted by Gasteiger charge is 2.44. The van der Waals surface area contributed by atoms with E-state index < -0.39 is 41.3 Å². The highest BCUT2D eigenvalue weighted by molar-refractivity contribution is 7.13. The molecule has 4 heterocycles. The molecular weight excluding hydrogens is 1150 g/mol. The number of pyridine rings is 1. The van der Waals surface area contributed by atoms with Gasteiger partial charge in [0.15, 0.2) is 0 Å². The van der Waals surface area contributed by atoms with Gasteiger partial charge in [-0.25, -0.2) is 4.98 Å². The zero-order valence-electron chi connectivity index (χ0n) is 51.9. The minimum atomic E-state index is -0.957. The van der Waals surface area contributed by atoms with Gasteiger partial charge in [0.1, 0.15) is 25.3 Å². The Balaban J connectivity index is 0.753. The first-order valence-corrected chi connectivity index (χ1v) is 30.7. The van der Waals surface area contributed by atoms with E-state index >= 15 is 0 Å². The predicted molar refractivity (Wildman–Crippen MR) is 334 cm³/mol. The van der Waals surface area contributed by atoms with Gasteiger partial charge in [-0.1, -0.05) is 51.1 Å². The van der Waals surface area contributed by atoms with Crippen molar-refractivity contribution in [3.8, 4) is 10.4 Å². The van der Waals surface area contributed by atoms with Crippen LogP contribution < -0.4 is 32.1 Å². The maximum Gasteiger partial charge on any atom is 0.253 e. The Kier molecular flexibility index (Phi) is 27.9. The number of likely N-dealkylation sites (tertiary alicyclic amines) is 1. The van der Waals surface area contributed by atoms with Crippen LogP contribution in [0.5, 0.6) is 0 Å². The Bertz CT molecular complexity index is 3090. The third kappa shape index (κ3) is 21.8. The summed E-state index contributed by atoms with van der Waals surface area (Å²) >= 11 is 1.56. The minimum absolute atomic E-state index is 0.00770. The van der Waals surface area contributed by atoms with Gasteiger partial charge in [-0.2, -0.15) is 0 Å². The molecule has 2 aliphatic rings. The minimum Gasteiger partial charge on any atom is -0.391 e. The van der Waals surface area contributed by atoms with E-state index in [1.807, 2.05) is 90.9 Å². The Morgan fingerprint density at radius 1 is 0.818 bits per heavy atom. The van der Waals surface area contributed by atoms with Gasteiger partial charge in [-0.3, -0.25) is 33.6 Å². The number of aromatic nitrogens is 2. The maximum absolute atomic E-state index is 14.0. The average Bonchev–Trinajstić information content (AvgIpc) is 2.59. The molecule has 0 aliphatic carbocycles. The SMILES string of the molecule is Cc1cc(C)c(CNC(=O)c2cc(C3=CCN(C(=O)COCCOCCOCC(=O)NCCOCCOCCOCCC(=O)NC(C(=O)N4CC(O)CC4C(=O)NCc4ccc(-c5scnc5C)cc4)C(C)(C)C)CC3)cc(NC(C)C)c2C=N)c(=O)[nH]1. The van der Waals surface area contributed by atoms with Crippen molar-refractivity contribution in [2.24, 2.45) is 5.41 Å². The second-order valence-corrected chi connectivity index (χ2v) is 23.8. The lowest BCUT2D eigenvalue weighted by Crippen LogP contribution is -2.57. The second kappa shape index (κ2) is 35.1. The van der Waals surface area contributed by atoms with E-state index in [-0.39, 0.29) is 148 Å². The van der Waals surface area contributed by atoms with Crippen molar-refractivity contribution in [1.29, 1.82) is 5.41 Å². The number of thiazole rings is 1. The van der Waals surface area contributed by atoms with Gasteiger partial charge in [0.05, 0.1) is 93.8 Å². The highest BCUT2D eigenvalue weighted by Crippen LogP contribution is 2.31. The van der Waals surface area contributed by atoms with Crippen molar-refractivity contribution < 1.29 is 62.3 Å². The van der Waals surface area contributed by atoms with Gasteiger partial charge in [0.25, 0.3) is 11.5 Å². The van der Waals surface area contributed by atoms with E-state index in [1.165, 1.54) is 4.90 Å². The maximum atomic E-state index is 14.0. The lowest BCUT2D eigenvalue weighted by molar-refractivity contribution is -0.144. The molecule has 0 spiro atoms. The van der Waals surface area contributed by atoms with Crippen LogP contribution in [0.25, 0.3) is 16.0 Å². The van der Waals surface area contributed by atoms with Gasteiger partial charge in [-0.05, 0) is 92.5 Å². The van der Waals surface area contributed by atoms with Crippen molar-refractivity contribution in [1.82, 2.24) is 41.0 Å². The number of β-amino-alcohol motifs (C(OH)–C–C–N with tert-alkyl or cyclic N) is 1. The predicted octanol–water partition coefficient (Wildman–Crippen LogP) is 4.20. The van der Waals surface area contributed by atoms with Crippen LogP contribution in [0.2, 0.25) is 0 Å². The number of aromatic amines is 1. The van der Waals surface area contributed by atoms with Crippen molar-refractivity contribution in [3.63, 3.8) is 0 Å². The van der Waals surface area contributed by atoms with E-state index in [0.29, 0.717) is 41.9 Å². The number of hydrogen-bond donors (Lipinski definition) is 8. The van der Waals surface area contributed by atoms with Crippen LogP contribution in [-0.2, 0) is 65.5 Å².